The zero-order valence-electron chi connectivity index (χ0n) is 15.9. The van der Waals surface area contributed by atoms with Gasteiger partial charge in [0.15, 0.2) is 5.96 Å². The zero-order valence-corrected chi connectivity index (χ0v) is 15.9. The standard InChI is InChI=1S/C19H37N3O2/c1-19(2)9-5-17(6-10-19)22-18(20-3)21-11-4-12-24-15-16-7-13-23-14-8-16/h16-17H,4-15H2,1-3H3,(H2,20,21,22). The van der Waals surface area contributed by atoms with Crippen LogP contribution in [0.5, 0.6) is 0 Å². The second kappa shape index (κ2) is 10.2. The Balaban J connectivity index is 1.50. The molecule has 0 aromatic carbocycles. The molecule has 24 heavy (non-hydrogen) atoms. The minimum absolute atomic E-state index is 0.511. The lowest BCUT2D eigenvalue weighted by Crippen LogP contribution is -2.45. The van der Waals surface area contributed by atoms with Gasteiger partial charge in [0, 0.05) is 46.1 Å². The lowest BCUT2D eigenvalue weighted by atomic mass is 9.75. The molecule has 2 aliphatic rings. The number of guanidine groups is 1. The number of nitrogens with one attached hydrogen (secondary N) is 2. The van der Waals surface area contributed by atoms with E-state index in [-0.39, 0.29) is 0 Å². The minimum Gasteiger partial charge on any atom is -0.381 e. The first kappa shape index (κ1) is 19.5. The van der Waals surface area contributed by atoms with Gasteiger partial charge in [0.25, 0.3) is 0 Å². The Bertz CT molecular complexity index is 369. The van der Waals surface area contributed by atoms with Crippen molar-refractivity contribution in [2.24, 2.45) is 16.3 Å². The molecule has 5 nitrogen and oxygen atoms in total. The van der Waals surface area contributed by atoms with Gasteiger partial charge in [-0.3, -0.25) is 4.99 Å². The van der Waals surface area contributed by atoms with E-state index in [1.165, 1.54) is 25.7 Å². The molecule has 0 radical (unpaired) electrons. The number of nitrogens with zero attached hydrogens (tertiary/aromatic N) is 1. The maximum atomic E-state index is 5.81. The Kier molecular flexibility index (Phi) is 8.33. The van der Waals surface area contributed by atoms with Gasteiger partial charge in [0.05, 0.1) is 0 Å². The molecule has 0 amide bonds. The molecule has 5 heteroatoms. The number of rotatable bonds is 7. The molecule has 2 fully saturated rings. The van der Waals surface area contributed by atoms with E-state index >= 15 is 0 Å². The van der Waals surface area contributed by atoms with E-state index < -0.39 is 0 Å². The van der Waals surface area contributed by atoms with Crippen LogP contribution in [0.3, 0.4) is 0 Å². The van der Waals surface area contributed by atoms with Gasteiger partial charge in [0.2, 0.25) is 0 Å². The number of aliphatic imine (C=N–C) groups is 1. The summed E-state index contributed by atoms with van der Waals surface area (Å²) in [5, 5.41) is 6.98. The number of hydrogen-bond acceptors (Lipinski definition) is 3. The average molecular weight is 340 g/mol. The molecule has 0 aromatic rings. The van der Waals surface area contributed by atoms with Crippen molar-refractivity contribution in [2.75, 3.05) is 40.0 Å². The summed E-state index contributed by atoms with van der Waals surface area (Å²) >= 11 is 0. The van der Waals surface area contributed by atoms with Gasteiger partial charge in [-0.25, -0.2) is 0 Å². The van der Waals surface area contributed by atoms with Crippen molar-refractivity contribution >= 4 is 5.96 Å². The SMILES string of the molecule is CN=C(NCCCOCC1CCOCC1)NC1CCC(C)(C)CC1. The van der Waals surface area contributed by atoms with Crippen LogP contribution < -0.4 is 10.6 Å². The summed E-state index contributed by atoms with van der Waals surface area (Å²) in [6, 6.07) is 0.564. The predicted octanol–water partition coefficient (Wildman–Crippen LogP) is 2.95. The third-order valence-corrected chi connectivity index (χ3v) is 5.36. The van der Waals surface area contributed by atoms with Crippen LogP contribution in [0.15, 0.2) is 4.99 Å². The van der Waals surface area contributed by atoms with Crippen molar-refractivity contribution < 1.29 is 9.47 Å². The molecular formula is C19H37N3O2. The highest BCUT2D eigenvalue weighted by molar-refractivity contribution is 5.79. The Labute approximate surface area is 148 Å². The Hall–Kier alpha value is -0.810. The molecule has 2 N–H and O–H groups in total. The molecule has 0 atom stereocenters. The highest BCUT2D eigenvalue weighted by atomic mass is 16.5. The summed E-state index contributed by atoms with van der Waals surface area (Å²) in [6.07, 6.45) is 8.37. The Morgan fingerprint density at radius 1 is 1.17 bits per heavy atom. The lowest BCUT2D eigenvalue weighted by molar-refractivity contribution is 0.0203. The van der Waals surface area contributed by atoms with Crippen LogP contribution in [0.4, 0.5) is 0 Å². The van der Waals surface area contributed by atoms with Crippen LogP contribution >= 0.6 is 0 Å². The molecule has 0 aromatic heterocycles. The predicted molar refractivity (Wildman–Crippen MR) is 99.5 cm³/mol. The fourth-order valence-corrected chi connectivity index (χ4v) is 3.48. The second-order valence-corrected chi connectivity index (χ2v) is 8.07. The van der Waals surface area contributed by atoms with Crippen molar-refractivity contribution in [3.05, 3.63) is 0 Å². The van der Waals surface area contributed by atoms with E-state index in [0.29, 0.717) is 17.4 Å². The molecule has 140 valence electrons. The molecule has 1 aliphatic carbocycles. The molecule has 0 unspecified atom stereocenters. The van der Waals surface area contributed by atoms with Crippen LogP contribution in [0.2, 0.25) is 0 Å². The van der Waals surface area contributed by atoms with Crippen LogP contribution in [0, 0.1) is 11.3 Å². The summed E-state index contributed by atoms with van der Waals surface area (Å²) in [7, 11) is 1.85. The molecule has 1 saturated carbocycles. The highest BCUT2D eigenvalue weighted by Gasteiger charge is 2.27. The van der Waals surface area contributed by atoms with Crippen molar-refractivity contribution in [1.82, 2.24) is 10.6 Å². The second-order valence-electron chi connectivity index (χ2n) is 8.07. The maximum Gasteiger partial charge on any atom is 0.191 e. The van der Waals surface area contributed by atoms with Gasteiger partial charge < -0.3 is 20.1 Å². The third-order valence-electron chi connectivity index (χ3n) is 5.36. The van der Waals surface area contributed by atoms with Crippen LogP contribution in [-0.4, -0.2) is 52.0 Å². The highest BCUT2D eigenvalue weighted by Crippen LogP contribution is 2.34. The molecular weight excluding hydrogens is 302 g/mol. The van der Waals surface area contributed by atoms with Crippen molar-refractivity contribution in [1.29, 1.82) is 0 Å². The van der Waals surface area contributed by atoms with Gasteiger partial charge in [0.1, 0.15) is 0 Å². The molecule has 1 saturated heterocycles. The smallest absolute Gasteiger partial charge is 0.191 e. The van der Waals surface area contributed by atoms with Crippen LogP contribution in [0.1, 0.15) is 58.8 Å². The van der Waals surface area contributed by atoms with Crippen LogP contribution in [0.25, 0.3) is 0 Å². The first-order valence-corrected chi connectivity index (χ1v) is 9.72. The van der Waals surface area contributed by atoms with E-state index in [2.05, 4.69) is 29.5 Å². The van der Waals surface area contributed by atoms with Gasteiger partial charge in [-0.15, -0.1) is 0 Å². The first-order valence-electron chi connectivity index (χ1n) is 9.72. The summed E-state index contributed by atoms with van der Waals surface area (Å²) in [5.74, 6) is 1.63. The van der Waals surface area contributed by atoms with E-state index in [9.17, 15) is 0 Å². The van der Waals surface area contributed by atoms with Gasteiger partial charge in [-0.1, -0.05) is 13.8 Å². The summed E-state index contributed by atoms with van der Waals surface area (Å²) in [4.78, 5) is 4.35. The first-order chi connectivity index (χ1) is 11.6. The van der Waals surface area contributed by atoms with E-state index in [1.807, 2.05) is 7.05 Å². The average Bonchev–Trinajstić information content (AvgIpc) is 2.59. The van der Waals surface area contributed by atoms with E-state index in [0.717, 1.165) is 58.2 Å². The third kappa shape index (κ3) is 7.39. The summed E-state index contributed by atoms with van der Waals surface area (Å²) in [6.45, 7) is 9.15. The summed E-state index contributed by atoms with van der Waals surface area (Å²) < 4.78 is 11.2. The Morgan fingerprint density at radius 2 is 1.88 bits per heavy atom. The van der Waals surface area contributed by atoms with Crippen molar-refractivity contribution in [2.45, 2.75) is 64.8 Å². The van der Waals surface area contributed by atoms with Crippen molar-refractivity contribution in [3.63, 3.8) is 0 Å². The molecule has 1 aliphatic heterocycles. The monoisotopic (exact) mass is 339 g/mol. The largest absolute Gasteiger partial charge is 0.381 e. The number of hydrogen-bond donors (Lipinski definition) is 2. The molecule has 0 spiro atoms. The quantitative estimate of drug-likeness (QED) is 0.425. The van der Waals surface area contributed by atoms with Gasteiger partial charge in [-0.05, 0) is 56.3 Å². The summed E-state index contributed by atoms with van der Waals surface area (Å²) in [5.41, 5.74) is 0.511. The molecule has 0 bridgehead atoms. The van der Waals surface area contributed by atoms with E-state index in [4.69, 9.17) is 9.47 Å². The molecule has 2 rings (SSSR count). The Morgan fingerprint density at radius 3 is 2.54 bits per heavy atom. The molecule has 1 heterocycles. The maximum absolute atomic E-state index is 5.81. The van der Waals surface area contributed by atoms with E-state index in [1.54, 1.807) is 0 Å². The van der Waals surface area contributed by atoms with Gasteiger partial charge >= 0.3 is 0 Å². The van der Waals surface area contributed by atoms with Gasteiger partial charge in [-0.2, -0.15) is 0 Å². The number of ether oxygens (including phenoxy) is 2. The van der Waals surface area contributed by atoms with Crippen molar-refractivity contribution in [3.8, 4) is 0 Å². The normalized spacial score (nSPS) is 23.2. The zero-order chi connectivity index (χ0) is 17.3. The fraction of sp³-hybridized carbons (Fsp3) is 0.947. The lowest BCUT2D eigenvalue weighted by Gasteiger charge is -2.35. The minimum atomic E-state index is 0.511. The fourth-order valence-electron chi connectivity index (χ4n) is 3.48. The van der Waals surface area contributed by atoms with Crippen LogP contribution in [-0.2, 0) is 9.47 Å². The topological polar surface area (TPSA) is 54.9 Å².